The van der Waals surface area contributed by atoms with E-state index in [9.17, 15) is 0 Å². The highest BCUT2D eigenvalue weighted by atomic mass is 79.9. The van der Waals surface area contributed by atoms with Crippen molar-refractivity contribution in [2.75, 3.05) is 7.11 Å². The van der Waals surface area contributed by atoms with Gasteiger partial charge in [-0.2, -0.15) is 0 Å². The Kier molecular flexibility index (Phi) is 3.58. The van der Waals surface area contributed by atoms with E-state index in [0.29, 0.717) is 0 Å². The summed E-state index contributed by atoms with van der Waals surface area (Å²) in [5, 5.41) is 0. The Morgan fingerprint density at radius 2 is 2.26 bits per heavy atom. The van der Waals surface area contributed by atoms with Crippen LogP contribution in [0, 0.1) is 0 Å². The molecule has 0 aromatic heterocycles. The van der Waals surface area contributed by atoms with Crippen LogP contribution in [0.5, 0.6) is 5.75 Å². The van der Waals surface area contributed by atoms with Gasteiger partial charge < -0.3 is 15.2 Å². The molecule has 2 N–H and O–H groups in total. The number of fused-ring (bicyclic) bond motifs is 1. The Balaban J connectivity index is 1.98. The third kappa shape index (κ3) is 2.30. The van der Waals surface area contributed by atoms with Crippen molar-refractivity contribution < 1.29 is 9.47 Å². The fraction of sp³-hybridized carbons (Fsp3) is 0.600. The first-order valence-corrected chi connectivity index (χ1v) is 7.71. The van der Waals surface area contributed by atoms with Crippen LogP contribution < -0.4 is 10.5 Å². The molecule has 1 saturated carbocycles. The topological polar surface area (TPSA) is 44.5 Å². The number of nitrogens with two attached hydrogens (primary N) is 1. The summed E-state index contributed by atoms with van der Waals surface area (Å²) in [7, 11) is 1.78. The average molecular weight is 326 g/mol. The molecule has 0 amide bonds. The fourth-order valence-corrected chi connectivity index (χ4v) is 3.85. The minimum Gasteiger partial charge on any atom is -0.484 e. The van der Waals surface area contributed by atoms with Crippen LogP contribution in [0.1, 0.15) is 43.7 Å². The van der Waals surface area contributed by atoms with Crippen molar-refractivity contribution in [3.63, 3.8) is 0 Å². The molecule has 1 aromatic rings. The van der Waals surface area contributed by atoms with E-state index in [2.05, 4.69) is 22.0 Å². The summed E-state index contributed by atoms with van der Waals surface area (Å²) in [5.41, 5.74) is 7.24. The van der Waals surface area contributed by atoms with E-state index in [0.717, 1.165) is 35.0 Å². The van der Waals surface area contributed by atoms with Crippen molar-refractivity contribution >= 4 is 15.9 Å². The van der Waals surface area contributed by atoms with Crippen LogP contribution in [0.15, 0.2) is 22.7 Å². The second-order valence-electron chi connectivity index (χ2n) is 5.63. The Hall–Kier alpha value is -0.580. The van der Waals surface area contributed by atoms with E-state index in [1.54, 1.807) is 7.11 Å². The van der Waals surface area contributed by atoms with Crippen LogP contribution in [-0.4, -0.2) is 18.8 Å². The Bertz CT molecular complexity index is 479. The van der Waals surface area contributed by atoms with Crippen LogP contribution in [0.25, 0.3) is 0 Å². The Labute approximate surface area is 122 Å². The summed E-state index contributed by atoms with van der Waals surface area (Å²) >= 11 is 3.50. The van der Waals surface area contributed by atoms with Crippen LogP contribution in [0.2, 0.25) is 0 Å². The SMILES string of the molecule is COC1CCCCC12C[C@H](N)c1ccc(Br)cc1O2. The third-order valence-electron chi connectivity index (χ3n) is 4.44. The first-order valence-electron chi connectivity index (χ1n) is 6.91. The molecule has 0 saturated heterocycles. The van der Waals surface area contributed by atoms with E-state index in [1.165, 1.54) is 12.8 Å². The molecule has 1 aromatic carbocycles. The van der Waals surface area contributed by atoms with Crippen molar-refractivity contribution in [2.24, 2.45) is 5.73 Å². The van der Waals surface area contributed by atoms with E-state index >= 15 is 0 Å². The minimum atomic E-state index is -0.236. The summed E-state index contributed by atoms with van der Waals surface area (Å²) in [4.78, 5) is 0. The largest absolute Gasteiger partial charge is 0.484 e. The highest BCUT2D eigenvalue weighted by Gasteiger charge is 2.47. The van der Waals surface area contributed by atoms with Crippen LogP contribution in [-0.2, 0) is 4.74 Å². The lowest BCUT2D eigenvalue weighted by atomic mass is 9.75. The maximum Gasteiger partial charge on any atom is 0.137 e. The van der Waals surface area contributed by atoms with Crippen molar-refractivity contribution in [3.8, 4) is 5.75 Å². The molecule has 1 aliphatic heterocycles. The molecular weight excluding hydrogens is 306 g/mol. The van der Waals surface area contributed by atoms with Gasteiger partial charge >= 0.3 is 0 Å². The lowest BCUT2D eigenvalue weighted by molar-refractivity contribution is -0.114. The van der Waals surface area contributed by atoms with Gasteiger partial charge in [0.15, 0.2) is 0 Å². The fourth-order valence-electron chi connectivity index (χ4n) is 3.51. The molecule has 1 aliphatic carbocycles. The second-order valence-corrected chi connectivity index (χ2v) is 6.55. The van der Waals surface area contributed by atoms with Crippen molar-refractivity contribution in [1.29, 1.82) is 0 Å². The van der Waals surface area contributed by atoms with Gasteiger partial charge in [-0.3, -0.25) is 0 Å². The van der Waals surface area contributed by atoms with Gasteiger partial charge in [0.2, 0.25) is 0 Å². The van der Waals surface area contributed by atoms with Gasteiger partial charge in [-0.1, -0.05) is 28.4 Å². The van der Waals surface area contributed by atoms with Gasteiger partial charge in [0.25, 0.3) is 0 Å². The summed E-state index contributed by atoms with van der Waals surface area (Å²) in [6, 6.07) is 6.14. The highest BCUT2D eigenvalue weighted by Crippen LogP contribution is 2.46. The molecule has 2 aliphatic rings. The molecule has 0 bridgehead atoms. The van der Waals surface area contributed by atoms with E-state index in [1.807, 2.05) is 12.1 Å². The number of ether oxygens (including phenoxy) is 2. The molecule has 0 radical (unpaired) electrons. The van der Waals surface area contributed by atoms with Crippen LogP contribution in [0.3, 0.4) is 0 Å². The van der Waals surface area contributed by atoms with Crippen LogP contribution in [0.4, 0.5) is 0 Å². The Morgan fingerprint density at radius 3 is 3.05 bits per heavy atom. The molecule has 3 atom stereocenters. The van der Waals surface area contributed by atoms with Crippen molar-refractivity contribution in [1.82, 2.24) is 0 Å². The first-order chi connectivity index (χ1) is 9.14. The molecule has 1 heterocycles. The quantitative estimate of drug-likeness (QED) is 0.858. The molecule has 1 fully saturated rings. The number of hydrogen-bond donors (Lipinski definition) is 1. The van der Waals surface area contributed by atoms with Gasteiger partial charge in [-0.05, 0) is 31.4 Å². The molecule has 1 spiro atoms. The van der Waals surface area contributed by atoms with Crippen LogP contribution >= 0.6 is 15.9 Å². The average Bonchev–Trinajstić information content (AvgIpc) is 2.38. The predicted octanol–water partition coefficient (Wildman–Crippen LogP) is 3.56. The molecule has 4 heteroatoms. The van der Waals surface area contributed by atoms with E-state index < -0.39 is 0 Å². The number of methoxy groups -OCH3 is 1. The molecule has 3 nitrogen and oxygen atoms in total. The zero-order chi connectivity index (χ0) is 13.5. The zero-order valence-electron chi connectivity index (χ0n) is 11.2. The zero-order valence-corrected chi connectivity index (χ0v) is 12.8. The second kappa shape index (κ2) is 5.08. The van der Waals surface area contributed by atoms with E-state index in [4.69, 9.17) is 15.2 Å². The minimum absolute atomic E-state index is 0.0348. The predicted molar refractivity (Wildman–Crippen MR) is 78.3 cm³/mol. The molecule has 104 valence electrons. The highest BCUT2D eigenvalue weighted by molar-refractivity contribution is 9.10. The lowest BCUT2D eigenvalue weighted by Gasteiger charge is -2.47. The summed E-state index contributed by atoms with van der Waals surface area (Å²) < 4.78 is 13.1. The van der Waals surface area contributed by atoms with Gasteiger partial charge in [0.1, 0.15) is 11.4 Å². The first kappa shape index (κ1) is 13.4. The van der Waals surface area contributed by atoms with Crippen molar-refractivity contribution in [3.05, 3.63) is 28.2 Å². The van der Waals surface area contributed by atoms with Crippen molar-refractivity contribution in [2.45, 2.75) is 49.9 Å². The Morgan fingerprint density at radius 1 is 1.42 bits per heavy atom. The summed E-state index contributed by atoms with van der Waals surface area (Å²) in [6.45, 7) is 0. The maximum atomic E-state index is 6.38. The van der Waals surface area contributed by atoms with Gasteiger partial charge in [0, 0.05) is 29.6 Å². The van der Waals surface area contributed by atoms with Gasteiger partial charge in [-0.25, -0.2) is 0 Å². The maximum absolute atomic E-state index is 6.38. The number of hydrogen-bond acceptors (Lipinski definition) is 3. The summed E-state index contributed by atoms with van der Waals surface area (Å²) in [6.07, 6.45) is 5.50. The molecule has 19 heavy (non-hydrogen) atoms. The molecular formula is C15H20BrNO2. The number of halogens is 1. The monoisotopic (exact) mass is 325 g/mol. The van der Waals surface area contributed by atoms with Gasteiger partial charge in [0.05, 0.1) is 6.10 Å². The standard InChI is InChI=1S/C15H20BrNO2/c1-18-14-4-2-3-7-15(14)9-12(17)11-6-5-10(16)8-13(11)19-15/h5-6,8,12,14H,2-4,7,9,17H2,1H3/t12-,14?,15?/m0/s1. The number of benzene rings is 1. The molecule has 2 unspecified atom stereocenters. The lowest BCUT2D eigenvalue weighted by Crippen LogP contribution is -2.54. The third-order valence-corrected chi connectivity index (χ3v) is 4.93. The van der Waals surface area contributed by atoms with Gasteiger partial charge in [-0.15, -0.1) is 0 Å². The van der Waals surface area contributed by atoms with E-state index in [-0.39, 0.29) is 17.7 Å². The summed E-state index contributed by atoms with van der Waals surface area (Å²) in [5.74, 6) is 0.914. The normalized spacial score (nSPS) is 33.8. The smallest absolute Gasteiger partial charge is 0.137 e. The molecule has 3 rings (SSSR count). The number of rotatable bonds is 1.